The molecule has 6 N–H and O–H groups in total. The van der Waals surface area contributed by atoms with Crippen LogP contribution >= 0.6 is 6.72 Å². The topological polar surface area (TPSA) is 169 Å². The number of nitrogens with zero attached hydrogens (tertiary/aromatic N) is 4. The first kappa shape index (κ1) is 16.6. The SMILES string of the molecule is C[C@H]1O[C@@H](n2cnc3c(N)ncnc32)C[C@@]1(O)O[S+]=P(O)(O)O. The van der Waals surface area contributed by atoms with Gasteiger partial charge < -0.3 is 15.6 Å². The Kier molecular flexibility index (Phi) is 4.11. The van der Waals surface area contributed by atoms with E-state index >= 15 is 0 Å². The second kappa shape index (κ2) is 5.69. The third-order valence-electron chi connectivity index (χ3n) is 3.44. The van der Waals surface area contributed by atoms with Gasteiger partial charge >= 0.3 is 17.9 Å². The molecule has 1 aliphatic heterocycles. The number of anilines is 1. The molecule has 0 amide bonds. The molecular formula is C10H15N5O6PS+. The van der Waals surface area contributed by atoms with Crippen LogP contribution in [0.3, 0.4) is 0 Å². The number of nitrogens with two attached hydrogens (primary N) is 1. The van der Waals surface area contributed by atoms with Crippen LogP contribution < -0.4 is 5.73 Å². The largest absolute Gasteiger partial charge is 0.560 e. The highest BCUT2D eigenvalue weighted by Crippen LogP contribution is 2.41. The molecule has 0 radical (unpaired) electrons. The van der Waals surface area contributed by atoms with E-state index in [9.17, 15) is 5.11 Å². The molecule has 1 saturated heterocycles. The van der Waals surface area contributed by atoms with E-state index in [0.717, 1.165) is 0 Å². The summed E-state index contributed by atoms with van der Waals surface area (Å²) in [5.74, 6) is -1.61. The summed E-state index contributed by atoms with van der Waals surface area (Å²) in [4.78, 5) is 38.9. The van der Waals surface area contributed by atoms with Gasteiger partial charge in [-0.05, 0) is 6.92 Å². The highest BCUT2D eigenvalue weighted by atomic mass is 32.5. The normalized spacial score (nSPS) is 28.4. The van der Waals surface area contributed by atoms with Crippen molar-refractivity contribution in [3.05, 3.63) is 12.7 Å². The molecule has 13 heteroatoms. The number of nitrogen functional groups attached to an aromatic ring is 1. The fourth-order valence-electron chi connectivity index (χ4n) is 2.27. The third kappa shape index (κ3) is 3.20. The first-order valence-corrected chi connectivity index (χ1v) is 9.44. The van der Waals surface area contributed by atoms with Gasteiger partial charge in [0.2, 0.25) is 0 Å². The van der Waals surface area contributed by atoms with Crippen molar-refractivity contribution in [2.45, 2.75) is 31.5 Å². The summed E-state index contributed by atoms with van der Waals surface area (Å²) in [6.45, 7) is -2.69. The average Bonchev–Trinajstić information content (AvgIpc) is 3.00. The highest BCUT2D eigenvalue weighted by Gasteiger charge is 2.52. The number of hydrogen-bond acceptors (Lipinski definition) is 7. The Hall–Kier alpha value is -1.24. The van der Waals surface area contributed by atoms with E-state index in [4.69, 9.17) is 29.3 Å². The zero-order valence-corrected chi connectivity index (χ0v) is 13.6. The molecule has 0 saturated carbocycles. The van der Waals surface area contributed by atoms with Gasteiger partial charge in [-0.15, -0.1) is 0 Å². The second-order valence-corrected chi connectivity index (χ2v) is 8.30. The molecule has 0 aromatic carbocycles. The maximum Gasteiger partial charge on any atom is 0.560 e. The summed E-state index contributed by atoms with van der Waals surface area (Å²) in [7, 11) is 0. The second-order valence-electron chi connectivity index (χ2n) is 5.04. The molecule has 0 spiro atoms. The van der Waals surface area contributed by atoms with Gasteiger partial charge in [0.25, 0.3) is 5.79 Å². The van der Waals surface area contributed by atoms with E-state index in [1.165, 1.54) is 12.7 Å². The van der Waals surface area contributed by atoms with Crippen LogP contribution in [-0.4, -0.2) is 51.2 Å². The van der Waals surface area contributed by atoms with Crippen LogP contribution in [0.5, 0.6) is 0 Å². The molecule has 126 valence electrons. The summed E-state index contributed by atoms with van der Waals surface area (Å²) >= 11 is 0.0161. The summed E-state index contributed by atoms with van der Waals surface area (Å²) in [6, 6.07) is 0. The van der Waals surface area contributed by atoms with Gasteiger partial charge in [-0.25, -0.2) is 15.0 Å². The van der Waals surface area contributed by atoms with Crippen LogP contribution in [0.1, 0.15) is 19.6 Å². The van der Waals surface area contributed by atoms with E-state index in [-0.39, 0.29) is 23.5 Å². The number of aliphatic hydroxyl groups is 1. The first-order chi connectivity index (χ1) is 10.7. The van der Waals surface area contributed by atoms with Gasteiger partial charge in [-0.1, -0.05) is 4.18 Å². The van der Waals surface area contributed by atoms with Crippen LogP contribution in [-0.2, 0) is 20.1 Å². The Bertz CT molecular complexity index is 787. The van der Waals surface area contributed by atoms with Crippen molar-refractivity contribution in [3.8, 4) is 0 Å². The zero-order chi connectivity index (χ0) is 16.8. The molecule has 1 aliphatic rings. The smallest absolute Gasteiger partial charge is 0.382 e. The molecule has 3 atom stereocenters. The van der Waals surface area contributed by atoms with Crippen molar-refractivity contribution in [1.29, 1.82) is 0 Å². The minimum Gasteiger partial charge on any atom is -0.382 e. The molecule has 3 heterocycles. The number of aromatic nitrogens is 4. The average molecular weight is 364 g/mol. The van der Waals surface area contributed by atoms with Crippen molar-refractivity contribution >= 4 is 34.9 Å². The molecule has 0 aliphatic carbocycles. The van der Waals surface area contributed by atoms with E-state index in [0.29, 0.717) is 11.2 Å². The Balaban J connectivity index is 1.89. The number of rotatable bonds is 3. The van der Waals surface area contributed by atoms with Gasteiger partial charge in [0.1, 0.15) is 24.2 Å². The van der Waals surface area contributed by atoms with Crippen LogP contribution in [0.4, 0.5) is 5.82 Å². The van der Waals surface area contributed by atoms with Crippen LogP contribution in [0, 0.1) is 0 Å². The predicted molar refractivity (Wildman–Crippen MR) is 80.9 cm³/mol. The lowest BCUT2D eigenvalue weighted by atomic mass is 10.1. The van der Waals surface area contributed by atoms with E-state index in [1.807, 2.05) is 0 Å². The van der Waals surface area contributed by atoms with Gasteiger partial charge in [0, 0.05) is 0 Å². The van der Waals surface area contributed by atoms with E-state index in [1.54, 1.807) is 11.5 Å². The molecule has 11 nitrogen and oxygen atoms in total. The minimum absolute atomic E-state index is 0.0161. The molecular weight excluding hydrogens is 349 g/mol. The molecule has 1 fully saturated rings. The van der Waals surface area contributed by atoms with Crippen molar-refractivity contribution in [3.63, 3.8) is 0 Å². The van der Waals surface area contributed by atoms with Gasteiger partial charge in [-0.2, -0.15) is 0 Å². The fraction of sp³-hybridized carbons (Fsp3) is 0.500. The van der Waals surface area contributed by atoms with Gasteiger partial charge in [0.15, 0.2) is 11.5 Å². The molecule has 3 rings (SSSR count). The lowest BCUT2D eigenvalue weighted by Gasteiger charge is -2.16. The molecule has 0 unspecified atom stereocenters. The van der Waals surface area contributed by atoms with Gasteiger partial charge in [-0.3, -0.25) is 19.2 Å². The Morgan fingerprint density at radius 3 is 2.87 bits per heavy atom. The molecule has 0 bridgehead atoms. The van der Waals surface area contributed by atoms with Crippen molar-refractivity contribution in [1.82, 2.24) is 19.5 Å². The molecule has 2 aromatic heterocycles. The highest BCUT2D eigenvalue weighted by molar-refractivity contribution is 8.13. The molecule has 23 heavy (non-hydrogen) atoms. The van der Waals surface area contributed by atoms with Gasteiger partial charge in [0.05, 0.1) is 12.7 Å². The third-order valence-corrected chi connectivity index (χ3v) is 4.83. The summed E-state index contributed by atoms with van der Waals surface area (Å²) in [5.41, 5.74) is 6.55. The van der Waals surface area contributed by atoms with E-state index < -0.39 is 24.8 Å². The monoisotopic (exact) mass is 364 g/mol. The Morgan fingerprint density at radius 2 is 2.17 bits per heavy atom. The summed E-state index contributed by atoms with van der Waals surface area (Å²) in [6.07, 6.45) is 1.22. The van der Waals surface area contributed by atoms with Crippen molar-refractivity contribution < 1.29 is 28.7 Å². The van der Waals surface area contributed by atoms with Crippen molar-refractivity contribution in [2.24, 2.45) is 0 Å². The molecule has 2 aromatic rings. The number of ether oxygens (including phenoxy) is 1. The van der Waals surface area contributed by atoms with E-state index in [2.05, 4.69) is 15.0 Å². The number of imidazole rings is 1. The number of hydrogen-bond donors (Lipinski definition) is 5. The Labute approximate surface area is 133 Å². The Morgan fingerprint density at radius 1 is 1.43 bits per heavy atom. The van der Waals surface area contributed by atoms with Crippen LogP contribution in [0.25, 0.3) is 11.2 Å². The zero-order valence-electron chi connectivity index (χ0n) is 11.8. The fourth-order valence-corrected chi connectivity index (χ4v) is 3.39. The standard InChI is InChI=1S/C10H15N5O6PS/c1-5-10(16,21-23-22(17,18)19)2-6(20-5)15-4-14-7-8(11)12-3-13-9(7)15/h3-6,16-19H,2H2,1H3,(H2,11,12,13)/q+1/t5-,6-,10-/m1/s1. The first-order valence-electron chi connectivity index (χ1n) is 6.45. The lowest BCUT2D eigenvalue weighted by Crippen LogP contribution is -2.38. The summed E-state index contributed by atoms with van der Waals surface area (Å²) in [5, 5.41) is 10.4. The van der Waals surface area contributed by atoms with Crippen molar-refractivity contribution in [2.75, 3.05) is 5.73 Å². The number of fused-ring (bicyclic) bond motifs is 1. The quantitative estimate of drug-likeness (QED) is 0.198. The summed E-state index contributed by atoms with van der Waals surface area (Å²) < 4.78 is 12.2. The lowest BCUT2D eigenvalue weighted by molar-refractivity contribution is -0.159. The minimum atomic E-state index is -4.24. The predicted octanol–water partition coefficient (Wildman–Crippen LogP) is -0.927. The maximum atomic E-state index is 10.4. The van der Waals surface area contributed by atoms with Crippen LogP contribution in [0.15, 0.2) is 12.7 Å². The van der Waals surface area contributed by atoms with Crippen LogP contribution in [0.2, 0.25) is 0 Å². The maximum absolute atomic E-state index is 10.4.